The Morgan fingerprint density at radius 1 is 1.27 bits per heavy atom. The van der Waals surface area contributed by atoms with Crippen LogP contribution < -0.4 is 15.8 Å². The Morgan fingerprint density at radius 3 is 2.27 bits per heavy atom. The normalized spacial score (nSPS) is 16.4. The summed E-state index contributed by atoms with van der Waals surface area (Å²) >= 11 is 0. The van der Waals surface area contributed by atoms with Crippen molar-refractivity contribution in [2.45, 2.75) is 12.0 Å². The number of anilines is 1. The molecule has 0 unspecified atom stereocenters. The maximum absolute atomic E-state index is 12.2. The standard InChI is InChI=1S/C13H17N3O5S/c1-22(19,20)16-10-4-2-9(3-5-10)12(18)15-13(6-11(14)17)7-21-8-13/h2-5,16H,6-8H2,1H3,(H2,14,17)(H,15,18). The number of nitrogens with two attached hydrogens (primary N) is 1. The molecule has 0 aromatic heterocycles. The third-order valence-corrected chi connectivity index (χ3v) is 3.70. The lowest BCUT2D eigenvalue weighted by Crippen LogP contribution is -2.63. The molecule has 120 valence electrons. The predicted molar refractivity (Wildman–Crippen MR) is 79.7 cm³/mol. The van der Waals surface area contributed by atoms with Gasteiger partial charge in [-0.1, -0.05) is 0 Å². The molecule has 1 aromatic carbocycles. The highest BCUT2D eigenvalue weighted by molar-refractivity contribution is 7.92. The summed E-state index contributed by atoms with van der Waals surface area (Å²) in [6.45, 7) is 0.463. The Bertz CT molecular complexity index is 680. The van der Waals surface area contributed by atoms with E-state index in [-0.39, 0.29) is 25.5 Å². The van der Waals surface area contributed by atoms with Gasteiger partial charge in [-0.15, -0.1) is 0 Å². The minimum absolute atomic E-state index is 0.00641. The summed E-state index contributed by atoms with van der Waals surface area (Å²) in [7, 11) is -3.37. The average Bonchev–Trinajstić information content (AvgIpc) is 2.34. The van der Waals surface area contributed by atoms with Crippen molar-refractivity contribution >= 4 is 27.5 Å². The van der Waals surface area contributed by atoms with Crippen molar-refractivity contribution < 1.29 is 22.7 Å². The molecule has 2 rings (SSSR count). The third-order valence-electron chi connectivity index (χ3n) is 3.10. The molecule has 1 fully saturated rings. The van der Waals surface area contributed by atoms with Crippen LogP contribution in [0.15, 0.2) is 24.3 Å². The molecule has 0 aliphatic carbocycles. The number of sulfonamides is 1. The lowest BCUT2D eigenvalue weighted by molar-refractivity contribution is -0.127. The van der Waals surface area contributed by atoms with E-state index in [1.165, 1.54) is 24.3 Å². The van der Waals surface area contributed by atoms with Gasteiger partial charge >= 0.3 is 0 Å². The molecule has 0 bridgehead atoms. The van der Waals surface area contributed by atoms with E-state index in [0.29, 0.717) is 11.3 Å². The SMILES string of the molecule is CS(=O)(=O)Nc1ccc(C(=O)NC2(CC(N)=O)COC2)cc1. The summed E-state index contributed by atoms with van der Waals surface area (Å²) in [5.74, 6) is -0.897. The Morgan fingerprint density at radius 2 is 1.86 bits per heavy atom. The average molecular weight is 327 g/mol. The highest BCUT2D eigenvalue weighted by Gasteiger charge is 2.41. The van der Waals surface area contributed by atoms with Gasteiger partial charge in [0.05, 0.1) is 31.4 Å². The summed E-state index contributed by atoms with van der Waals surface area (Å²) < 4.78 is 29.6. The first-order chi connectivity index (χ1) is 10.2. The van der Waals surface area contributed by atoms with E-state index in [4.69, 9.17) is 10.5 Å². The molecule has 1 aliphatic rings. The molecule has 8 nitrogen and oxygen atoms in total. The van der Waals surface area contributed by atoms with Gasteiger partial charge in [-0.05, 0) is 24.3 Å². The summed E-state index contributed by atoms with van der Waals surface area (Å²) in [6.07, 6.45) is 1.05. The van der Waals surface area contributed by atoms with E-state index in [1.807, 2.05) is 0 Å². The number of hydrogen-bond acceptors (Lipinski definition) is 5. The van der Waals surface area contributed by atoms with Gasteiger partial charge in [0.25, 0.3) is 5.91 Å². The zero-order valence-corrected chi connectivity index (χ0v) is 12.8. The van der Waals surface area contributed by atoms with E-state index >= 15 is 0 Å². The van der Waals surface area contributed by atoms with Crippen molar-refractivity contribution in [2.24, 2.45) is 5.73 Å². The second kappa shape index (κ2) is 5.93. The molecule has 0 saturated carbocycles. The van der Waals surface area contributed by atoms with Gasteiger partial charge < -0.3 is 15.8 Å². The maximum atomic E-state index is 12.2. The molecule has 0 radical (unpaired) electrons. The molecular weight excluding hydrogens is 310 g/mol. The molecule has 1 aromatic rings. The number of primary amides is 1. The van der Waals surface area contributed by atoms with E-state index in [0.717, 1.165) is 6.26 Å². The van der Waals surface area contributed by atoms with Gasteiger partial charge in [0.1, 0.15) is 0 Å². The van der Waals surface area contributed by atoms with Gasteiger partial charge in [-0.25, -0.2) is 8.42 Å². The van der Waals surface area contributed by atoms with Crippen LogP contribution in [0.4, 0.5) is 5.69 Å². The third kappa shape index (κ3) is 4.18. The first-order valence-electron chi connectivity index (χ1n) is 6.46. The molecular formula is C13H17N3O5S. The molecule has 22 heavy (non-hydrogen) atoms. The van der Waals surface area contributed by atoms with Crippen LogP contribution in [0, 0.1) is 0 Å². The van der Waals surface area contributed by atoms with Crippen LogP contribution in [0.1, 0.15) is 16.8 Å². The lowest BCUT2D eigenvalue weighted by Gasteiger charge is -2.41. The van der Waals surface area contributed by atoms with E-state index < -0.39 is 21.5 Å². The summed E-state index contributed by atoms with van der Waals surface area (Å²) in [5, 5.41) is 2.74. The highest BCUT2D eigenvalue weighted by Crippen LogP contribution is 2.22. The number of carbonyl (C=O) groups is 2. The van der Waals surface area contributed by atoms with Crippen LogP contribution in [-0.2, 0) is 19.6 Å². The minimum atomic E-state index is -3.37. The Hall–Kier alpha value is -2.13. The molecule has 2 amide bonds. The van der Waals surface area contributed by atoms with Crippen molar-refractivity contribution in [3.05, 3.63) is 29.8 Å². The zero-order chi connectivity index (χ0) is 16.4. The number of nitrogens with one attached hydrogen (secondary N) is 2. The molecule has 0 atom stereocenters. The molecule has 1 saturated heterocycles. The Labute approximate surface area is 128 Å². The number of hydrogen-bond donors (Lipinski definition) is 3. The van der Waals surface area contributed by atoms with Crippen molar-refractivity contribution in [2.75, 3.05) is 24.2 Å². The largest absolute Gasteiger partial charge is 0.376 e. The van der Waals surface area contributed by atoms with Crippen LogP contribution in [0.3, 0.4) is 0 Å². The first-order valence-corrected chi connectivity index (χ1v) is 8.35. The van der Waals surface area contributed by atoms with Crippen molar-refractivity contribution in [3.63, 3.8) is 0 Å². The van der Waals surface area contributed by atoms with Crippen LogP contribution in [0.5, 0.6) is 0 Å². The molecule has 4 N–H and O–H groups in total. The van der Waals surface area contributed by atoms with Gasteiger partial charge in [0.2, 0.25) is 15.9 Å². The zero-order valence-electron chi connectivity index (χ0n) is 12.0. The van der Waals surface area contributed by atoms with Crippen LogP contribution in [0.2, 0.25) is 0 Å². The Balaban J connectivity index is 2.05. The van der Waals surface area contributed by atoms with Crippen LogP contribution in [-0.4, -0.2) is 45.2 Å². The Kier molecular flexibility index (Phi) is 4.38. The number of ether oxygens (including phenoxy) is 1. The monoisotopic (exact) mass is 327 g/mol. The quantitative estimate of drug-likeness (QED) is 0.645. The molecule has 1 heterocycles. The molecule has 1 aliphatic heterocycles. The van der Waals surface area contributed by atoms with Crippen LogP contribution in [0.25, 0.3) is 0 Å². The second-order valence-electron chi connectivity index (χ2n) is 5.32. The number of rotatable bonds is 6. The van der Waals surface area contributed by atoms with Crippen molar-refractivity contribution in [1.29, 1.82) is 0 Å². The smallest absolute Gasteiger partial charge is 0.251 e. The predicted octanol–water partition coefficient (Wildman–Crippen LogP) is -0.568. The van der Waals surface area contributed by atoms with Gasteiger partial charge in [0, 0.05) is 11.3 Å². The fraction of sp³-hybridized carbons (Fsp3) is 0.385. The fourth-order valence-electron chi connectivity index (χ4n) is 2.12. The summed E-state index contributed by atoms with van der Waals surface area (Å²) in [6, 6.07) is 5.93. The fourth-order valence-corrected chi connectivity index (χ4v) is 2.68. The summed E-state index contributed by atoms with van der Waals surface area (Å²) in [5.41, 5.74) is 5.11. The number of carbonyl (C=O) groups excluding carboxylic acids is 2. The minimum Gasteiger partial charge on any atom is -0.376 e. The number of benzene rings is 1. The highest BCUT2D eigenvalue weighted by atomic mass is 32.2. The summed E-state index contributed by atoms with van der Waals surface area (Å²) in [4.78, 5) is 23.2. The van der Waals surface area contributed by atoms with E-state index in [2.05, 4.69) is 10.0 Å². The van der Waals surface area contributed by atoms with E-state index in [1.54, 1.807) is 0 Å². The molecule has 0 spiro atoms. The maximum Gasteiger partial charge on any atom is 0.251 e. The lowest BCUT2D eigenvalue weighted by atomic mass is 9.92. The van der Waals surface area contributed by atoms with Crippen molar-refractivity contribution in [3.8, 4) is 0 Å². The van der Waals surface area contributed by atoms with E-state index in [9.17, 15) is 18.0 Å². The van der Waals surface area contributed by atoms with Crippen LogP contribution >= 0.6 is 0 Å². The van der Waals surface area contributed by atoms with Gasteiger partial charge in [-0.2, -0.15) is 0 Å². The topological polar surface area (TPSA) is 128 Å². The second-order valence-corrected chi connectivity index (χ2v) is 7.07. The van der Waals surface area contributed by atoms with Crippen molar-refractivity contribution in [1.82, 2.24) is 5.32 Å². The number of amides is 2. The molecule has 9 heteroatoms. The van der Waals surface area contributed by atoms with Gasteiger partial charge in [-0.3, -0.25) is 14.3 Å². The van der Waals surface area contributed by atoms with Gasteiger partial charge in [0.15, 0.2) is 0 Å². The first kappa shape index (κ1) is 16.2.